The summed E-state index contributed by atoms with van der Waals surface area (Å²) < 4.78 is 31.3. The Balaban J connectivity index is 2.54. The molecule has 0 atom stereocenters. The quantitative estimate of drug-likeness (QED) is 0.253. The van der Waals surface area contributed by atoms with Gasteiger partial charge in [-0.05, 0) is 36.8 Å². The van der Waals surface area contributed by atoms with Crippen LogP contribution in [0.25, 0.3) is 0 Å². The molecular formula is C12H15NO7S2. The van der Waals surface area contributed by atoms with Crippen LogP contribution >= 0.6 is 10.8 Å². The van der Waals surface area contributed by atoms with E-state index in [2.05, 4.69) is 0 Å². The van der Waals surface area contributed by atoms with Crippen molar-refractivity contribution in [1.82, 2.24) is 0 Å². The Bertz CT molecular complexity index is 653. The van der Waals surface area contributed by atoms with Crippen LogP contribution in [-0.2, 0) is 13.6 Å². The van der Waals surface area contributed by atoms with Crippen LogP contribution in [0.2, 0.25) is 0 Å². The molecule has 8 nitrogen and oxygen atoms in total. The van der Waals surface area contributed by atoms with Gasteiger partial charge in [0.2, 0.25) is 0 Å². The minimum atomic E-state index is -3.28. The zero-order valence-corrected chi connectivity index (χ0v) is 13.8. The van der Waals surface area contributed by atoms with Gasteiger partial charge in [0, 0.05) is 18.4 Å². The van der Waals surface area contributed by atoms with Gasteiger partial charge < -0.3 is 9.47 Å². The van der Waals surface area contributed by atoms with Crippen LogP contribution < -0.4 is 4.74 Å². The highest BCUT2D eigenvalue weighted by Gasteiger charge is 2.27. The predicted molar refractivity (Wildman–Crippen MR) is 81.6 cm³/mol. The van der Waals surface area contributed by atoms with Gasteiger partial charge in [0.1, 0.15) is 12.4 Å². The molecule has 0 aliphatic heterocycles. The van der Waals surface area contributed by atoms with Crippen molar-refractivity contribution < 1.29 is 27.6 Å². The molecule has 0 N–H and O–H groups in total. The average molecular weight is 349 g/mol. The summed E-state index contributed by atoms with van der Waals surface area (Å²) in [5, 5.41) is 10.5. The number of carbonyl (C=O) groups excluding carboxylic acids is 1. The summed E-state index contributed by atoms with van der Waals surface area (Å²) >= 11 is 0. The van der Waals surface area contributed by atoms with Crippen LogP contribution in [0.4, 0.5) is 10.5 Å². The first-order valence-electron chi connectivity index (χ1n) is 5.98. The molecule has 122 valence electrons. The van der Waals surface area contributed by atoms with Crippen molar-refractivity contribution >= 4 is 31.5 Å². The largest absolute Gasteiger partial charge is 0.513 e. The Kier molecular flexibility index (Phi) is 5.78. The lowest BCUT2D eigenvalue weighted by molar-refractivity contribution is -0.384. The number of nitro benzene ring substituents is 1. The van der Waals surface area contributed by atoms with Gasteiger partial charge >= 0.3 is 6.16 Å². The predicted octanol–water partition coefficient (Wildman–Crippen LogP) is 2.58. The Labute approximate surface area is 131 Å². The molecule has 0 heterocycles. The highest BCUT2D eigenvalue weighted by Crippen LogP contribution is 2.29. The molecule has 1 aromatic rings. The number of non-ortho nitro benzene ring substituents is 1. The molecule has 10 heteroatoms. The third kappa shape index (κ3) is 6.76. The van der Waals surface area contributed by atoms with E-state index in [4.69, 9.17) is 9.47 Å². The zero-order valence-electron chi connectivity index (χ0n) is 12.1. The van der Waals surface area contributed by atoms with Crippen molar-refractivity contribution in [3.63, 3.8) is 0 Å². The van der Waals surface area contributed by atoms with Crippen LogP contribution in [0.5, 0.6) is 5.75 Å². The average Bonchev–Trinajstić information content (AvgIpc) is 2.34. The van der Waals surface area contributed by atoms with Crippen molar-refractivity contribution in [3.05, 3.63) is 34.4 Å². The van der Waals surface area contributed by atoms with Gasteiger partial charge in [-0.2, -0.15) is 0 Å². The van der Waals surface area contributed by atoms with Crippen LogP contribution in [0.15, 0.2) is 24.3 Å². The van der Waals surface area contributed by atoms with Crippen LogP contribution in [0.3, 0.4) is 0 Å². The molecule has 1 aromatic carbocycles. The molecule has 1 rings (SSSR count). The third-order valence-electron chi connectivity index (χ3n) is 2.16. The molecule has 0 aliphatic carbocycles. The van der Waals surface area contributed by atoms with Crippen molar-refractivity contribution in [3.8, 4) is 5.75 Å². The zero-order chi connectivity index (χ0) is 17.0. The van der Waals surface area contributed by atoms with Gasteiger partial charge in [0.05, 0.1) is 9.67 Å². The molecule has 0 bridgehead atoms. The van der Waals surface area contributed by atoms with Gasteiger partial charge in [-0.15, -0.1) is 0 Å². The Morgan fingerprint density at radius 3 is 2.32 bits per heavy atom. The molecule has 0 spiro atoms. The first kappa shape index (κ1) is 18.2. The van der Waals surface area contributed by atoms with Crippen molar-refractivity contribution in [2.24, 2.45) is 0 Å². The van der Waals surface area contributed by atoms with Crippen LogP contribution in [0, 0.1) is 10.1 Å². The minimum absolute atomic E-state index is 0.0872. The lowest BCUT2D eigenvalue weighted by Crippen LogP contribution is -2.27. The maximum atomic E-state index is 11.5. The molecular weight excluding hydrogens is 334 g/mol. The molecule has 0 saturated heterocycles. The number of benzene rings is 1. The van der Waals surface area contributed by atoms with E-state index >= 15 is 0 Å². The number of nitrogens with zero attached hydrogens (tertiary/aromatic N) is 1. The van der Waals surface area contributed by atoms with E-state index in [1.165, 1.54) is 24.3 Å². The van der Waals surface area contributed by atoms with E-state index in [-0.39, 0.29) is 18.0 Å². The smallest absolute Gasteiger partial charge is 0.432 e. The van der Waals surface area contributed by atoms with Crippen LogP contribution in [0.1, 0.15) is 13.8 Å². The van der Waals surface area contributed by atoms with E-state index in [9.17, 15) is 23.3 Å². The van der Waals surface area contributed by atoms with Crippen molar-refractivity contribution in [2.75, 3.05) is 12.9 Å². The summed E-state index contributed by atoms with van der Waals surface area (Å²) in [4.78, 5) is 21.4. The molecule has 22 heavy (non-hydrogen) atoms. The molecule has 0 saturated carbocycles. The lowest BCUT2D eigenvalue weighted by Gasteiger charge is -2.21. The van der Waals surface area contributed by atoms with E-state index in [1.807, 2.05) is 0 Å². The fourth-order valence-electron chi connectivity index (χ4n) is 1.43. The molecule has 0 aliphatic rings. The fraction of sp³-hybridized carbons (Fsp3) is 0.417. The lowest BCUT2D eigenvalue weighted by atomic mass is 10.2. The van der Waals surface area contributed by atoms with Gasteiger partial charge in [-0.1, -0.05) is 0 Å². The SMILES string of the molecule is CC(C)(COC(=O)Oc1ccc([N+](=O)[O-])cc1)SS(C)(=O)=O. The number of ether oxygens (including phenoxy) is 2. The number of nitro groups is 1. The van der Waals surface area contributed by atoms with Crippen molar-refractivity contribution in [1.29, 1.82) is 0 Å². The summed E-state index contributed by atoms with van der Waals surface area (Å²) in [6.07, 6.45) is 0.0465. The highest BCUT2D eigenvalue weighted by atomic mass is 33.1. The molecule has 0 aromatic heterocycles. The van der Waals surface area contributed by atoms with Gasteiger partial charge in [0.15, 0.2) is 8.87 Å². The van der Waals surface area contributed by atoms with E-state index < -0.39 is 24.7 Å². The fourth-order valence-corrected chi connectivity index (χ4v) is 4.96. The Morgan fingerprint density at radius 1 is 1.32 bits per heavy atom. The maximum absolute atomic E-state index is 11.5. The maximum Gasteiger partial charge on any atom is 0.513 e. The van der Waals surface area contributed by atoms with Crippen molar-refractivity contribution in [2.45, 2.75) is 18.6 Å². The minimum Gasteiger partial charge on any atom is -0.432 e. The third-order valence-corrected chi connectivity index (χ3v) is 5.30. The highest BCUT2D eigenvalue weighted by molar-refractivity contribution is 8.72. The van der Waals surface area contributed by atoms with Gasteiger partial charge in [-0.25, -0.2) is 13.2 Å². The van der Waals surface area contributed by atoms with E-state index in [1.54, 1.807) is 13.8 Å². The molecule has 0 unspecified atom stereocenters. The standard InChI is InChI=1S/C12H15NO7S2/c1-12(2,21-22(3,17)18)8-19-11(14)20-10-6-4-9(5-7-10)13(15)16/h4-7H,8H2,1-3H3. The summed E-state index contributed by atoms with van der Waals surface area (Å²) in [5.41, 5.74) is -0.133. The van der Waals surface area contributed by atoms with E-state index in [0.717, 1.165) is 6.26 Å². The second-order valence-corrected chi connectivity index (χ2v) is 9.94. The molecule has 0 radical (unpaired) electrons. The second kappa shape index (κ2) is 6.97. The molecule has 0 amide bonds. The van der Waals surface area contributed by atoms with E-state index in [0.29, 0.717) is 10.8 Å². The molecule has 0 fully saturated rings. The first-order chi connectivity index (χ1) is 9.98. The first-order valence-corrected chi connectivity index (χ1v) is 9.21. The van der Waals surface area contributed by atoms with Gasteiger partial charge in [0.25, 0.3) is 5.69 Å². The summed E-state index contributed by atoms with van der Waals surface area (Å²) in [7, 11) is -2.60. The Morgan fingerprint density at radius 2 is 1.86 bits per heavy atom. The summed E-state index contributed by atoms with van der Waals surface area (Å²) in [5.74, 6) is 0.0872. The Hall–Kier alpha value is -1.81. The number of hydrogen-bond donors (Lipinski definition) is 0. The summed E-state index contributed by atoms with van der Waals surface area (Å²) in [6, 6.07) is 4.89. The number of rotatable bonds is 6. The summed E-state index contributed by atoms with van der Waals surface area (Å²) in [6.45, 7) is 3.05. The monoisotopic (exact) mass is 349 g/mol. The number of hydrogen-bond acceptors (Lipinski definition) is 8. The normalized spacial score (nSPS) is 11.8. The second-order valence-electron chi connectivity index (χ2n) is 4.94. The topological polar surface area (TPSA) is 113 Å². The number of carbonyl (C=O) groups is 1. The van der Waals surface area contributed by atoms with Crippen LogP contribution in [-0.4, -0.2) is 37.1 Å². The van der Waals surface area contributed by atoms with Gasteiger partial charge in [-0.3, -0.25) is 10.1 Å².